The maximum atomic E-state index is 9.97. The highest BCUT2D eigenvalue weighted by molar-refractivity contribution is 5.97. The second-order valence-electron chi connectivity index (χ2n) is 4.35. The standard InChI is InChI=1S/C16H12N2O2/c19-14-10-11-6-4-5-9-13(11)15(16(14)20)18-17-12-7-2-1-3-8-12/h1-10,19-20H. The van der Waals surface area contributed by atoms with Crippen molar-refractivity contribution in [2.75, 3.05) is 0 Å². The molecule has 0 unspecified atom stereocenters. The molecule has 0 heterocycles. The van der Waals surface area contributed by atoms with Crippen LogP contribution in [0.4, 0.5) is 11.4 Å². The van der Waals surface area contributed by atoms with Gasteiger partial charge in [-0.25, -0.2) is 0 Å². The van der Waals surface area contributed by atoms with Crippen LogP contribution >= 0.6 is 0 Å². The Morgan fingerprint density at radius 1 is 0.750 bits per heavy atom. The molecule has 0 amide bonds. The molecule has 3 aromatic rings. The van der Waals surface area contributed by atoms with Crippen LogP contribution in [0.2, 0.25) is 0 Å². The van der Waals surface area contributed by atoms with E-state index in [4.69, 9.17) is 0 Å². The molecule has 20 heavy (non-hydrogen) atoms. The fraction of sp³-hybridized carbons (Fsp3) is 0. The van der Waals surface area contributed by atoms with Crippen molar-refractivity contribution < 1.29 is 10.2 Å². The lowest BCUT2D eigenvalue weighted by Crippen LogP contribution is -1.76. The Morgan fingerprint density at radius 2 is 1.45 bits per heavy atom. The second kappa shape index (κ2) is 5.01. The summed E-state index contributed by atoms with van der Waals surface area (Å²) in [5.41, 5.74) is 0.948. The highest BCUT2D eigenvalue weighted by Gasteiger charge is 2.11. The maximum Gasteiger partial charge on any atom is 0.186 e. The number of fused-ring (bicyclic) bond motifs is 1. The Balaban J connectivity index is 2.15. The first-order valence-electron chi connectivity index (χ1n) is 6.16. The first-order valence-corrected chi connectivity index (χ1v) is 6.16. The average molecular weight is 264 g/mol. The fourth-order valence-corrected chi connectivity index (χ4v) is 2.01. The second-order valence-corrected chi connectivity index (χ2v) is 4.35. The summed E-state index contributed by atoms with van der Waals surface area (Å²) in [6.45, 7) is 0. The van der Waals surface area contributed by atoms with Gasteiger partial charge in [-0.3, -0.25) is 0 Å². The van der Waals surface area contributed by atoms with Crippen molar-refractivity contribution in [1.29, 1.82) is 0 Å². The van der Waals surface area contributed by atoms with Gasteiger partial charge in [-0.15, -0.1) is 5.11 Å². The van der Waals surface area contributed by atoms with Gasteiger partial charge in [0, 0.05) is 5.39 Å². The summed E-state index contributed by atoms with van der Waals surface area (Å²) in [5, 5.41) is 29.4. The first-order chi connectivity index (χ1) is 9.75. The van der Waals surface area contributed by atoms with Gasteiger partial charge in [-0.05, 0) is 23.6 Å². The fourth-order valence-electron chi connectivity index (χ4n) is 2.01. The molecule has 0 aromatic heterocycles. The lowest BCUT2D eigenvalue weighted by atomic mass is 10.1. The number of rotatable bonds is 2. The minimum atomic E-state index is -0.261. The van der Waals surface area contributed by atoms with E-state index < -0.39 is 0 Å². The Labute approximate surface area is 115 Å². The molecule has 0 bridgehead atoms. The van der Waals surface area contributed by atoms with Crippen LogP contribution in [-0.2, 0) is 0 Å². The SMILES string of the molecule is Oc1cc2ccccc2c(N=Nc2ccccc2)c1O. The van der Waals surface area contributed by atoms with Gasteiger partial charge in [0.05, 0.1) is 5.69 Å². The van der Waals surface area contributed by atoms with Gasteiger partial charge in [0.2, 0.25) is 0 Å². The number of phenolic OH excluding ortho intramolecular Hbond substituents is 2. The minimum Gasteiger partial charge on any atom is -0.504 e. The highest BCUT2D eigenvalue weighted by atomic mass is 16.3. The van der Waals surface area contributed by atoms with Crippen LogP contribution in [0.3, 0.4) is 0 Å². The zero-order valence-corrected chi connectivity index (χ0v) is 10.6. The molecule has 0 atom stereocenters. The minimum absolute atomic E-state index is 0.203. The third kappa shape index (κ3) is 2.19. The summed E-state index contributed by atoms with van der Waals surface area (Å²) >= 11 is 0. The topological polar surface area (TPSA) is 65.2 Å². The van der Waals surface area contributed by atoms with Crippen LogP contribution < -0.4 is 0 Å². The number of aromatic hydroxyl groups is 2. The summed E-state index contributed by atoms with van der Waals surface area (Å²) in [7, 11) is 0. The van der Waals surface area contributed by atoms with E-state index in [1.165, 1.54) is 6.07 Å². The van der Waals surface area contributed by atoms with Gasteiger partial charge in [0.25, 0.3) is 0 Å². The van der Waals surface area contributed by atoms with Crippen molar-refractivity contribution in [3.63, 3.8) is 0 Å². The van der Waals surface area contributed by atoms with Crippen LogP contribution in [0.25, 0.3) is 10.8 Å². The smallest absolute Gasteiger partial charge is 0.186 e. The third-order valence-corrected chi connectivity index (χ3v) is 3.00. The van der Waals surface area contributed by atoms with E-state index in [1.54, 1.807) is 0 Å². The molecule has 0 aliphatic carbocycles. The summed E-state index contributed by atoms with van der Waals surface area (Å²) < 4.78 is 0. The molecule has 2 N–H and O–H groups in total. The van der Waals surface area contributed by atoms with Gasteiger partial charge < -0.3 is 10.2 Å². The van der Waals surface area contributed by atoms with E-state index in [2.05, 4.69) is 10.2 Å². The van der Waals surface area contributed by atoms with E-state index in [0.717, 1.165) is 10.8 Å². The molecule has 3 rings (SSSR count). The van der Waals surface area contributed by atoms with Crippen molar-refractivity contribution in [2.24, 2.45) is 10.2 Å². The van der Waals surface area contributed by atoms with Crippen LogP contribution in [0, 0.1) is 0 Å². The number of phenols is 2. The van der Waals surface area contributed by atoms with Crippen LogP contribution in [0.1, 0.15) is 0 Å². The Bertz CT molecular complexity index is 783. The van der Waals surface area contributed by atoms with Crippen LogP contribution in [-0.4, -0.2) is 10.2 Å². The van der Waals surface area contributed by atoms with E-state index in [0.29, 0.717) is 5.69 Å². The molecular formula is C16H12N2O2. The molecule has 4 heteroatoms. The van der Waals surface area contributed by atoms with E-state index in [1.807, 2.05) is 54.6 Å². The number of hydrogen-bond donors (Lipinski definition) is 2. The first kappa shape index (κ1) is 12.2. The van der Waals surface area contributed by atoms with E-state index >= 15 is 0 Å². The van der Waals surface area contributed by atoms with Gasteiger partial charge in [0.15, 0.2) is 11.5 Å². The van der Waals surface area contributed by atoms with Crippen molar-refractivity contribution in [2.45, 2.75) is 0 Å². The van der Waals surface area contributed by atoms with Gasteiger partial charge in [0.1, 0.15) is 5.69 Å². The average Bonchev–Trinajstić information content (AvgIpc) is 2.49. The zero-order valence-electron chi connectivity index (χ0n) is 10.6. The number of azo groups is 1. The summed E-state index contributed by atoms with van der Waals surface area (Å²) in [5.74, 6) is -0.464. The number of benzene rings is 3. The third-order valence-electron chi connectivity index (χ3n) is 3.00. The molecule has 0 fully saturated rings. The molecule has 0 saturated carbocycles. The summed E-state index contributed by atoms with van der Waals surface area (Å²) in [6.07, 6.45) is 0. The molecule has 0 radical (unpaired) electrons. The predicted octanol–water partition coefficient (Wildman–Crippen LogP) is 4.67. The largest absolute Gasteiger partial charge is 0.504 e. The molecule has 4 nitrogen and oxygen atoms in total. The Morgan fingerprint density at radius 3 is 2.25 bits per heavy atom. The maximum absolute atomic E-state index is 9.97. The summed E-state index contributed by atoms with van der Waals surface area (Å²) in [6, 6.07) is 18.1. The molecule has 0 spiro atoms. The lowest BCUT2D eigenvalue weighted by Gasteiger charge is -2.05. The van der Waals surface area contributed by atoms with Gasteiger partial charge in [-0.1, -0.05) is 42.5 Å². The summed E-state index contributed by atoms with van der Waals surface area (Å²) in [4.78, 5) is 0. The molecule has 0 aliphatic heterocycles. The van der Waals surface area contributed by atoms with Gasteiger partial charge in [-0.2, -0.15) is 5.11 Å². The van der Waals surface area contributed by atoms with Crippen molar-refractivity contribution in [1.82, 2.24) is 0 Å². The molecule has 0 aliphatic rings. The number of hydrogen-bond acceptors (Lipinski definition) is 4. The molecule has 3 aromatic carbocycles. The zero-order chi connectivity index (χ0) is 13.9. The normalized spacial score (nSPS) is 11.2. The lowest BCUT2D eigenvalue weighted by molar-refractivity contribution is 0.406. The highest BCUT2D eigenvalue weighted by Crippen LogP contribution is 2.42. The quantitative estimate of drug-likeness (QED) is 0.522. The molecule has 0 saturated heterocycles. The molecule has 98 valence electrons. The monoisotopic (exact) mass is 264 g/mol. The van der Waals surface area contributed by atoms with Crippen molar-refractivity contribution in [3.05, 3.63) is 60.7 Å². The molecular weight excluding hydrogens is 252 g/mol. The van der Waals surface area contributed by atoms with Crippen molar-refractivity contribution >= 4 is 22.1 Å². The predicted molar refractivity (Wildman–Crippen MR) is 77.9 cm³/mol. The van der Waals surface area contributed by atoms with E-state index in [-0.39, 0.29) is 17.2 Å². The van der Waals surface area contributed by atoms with Gasteiger partial charge >= 0.3 is 0 Å². The van der Waals surface area contributed by atoms with E-state index in [9.17, 15) is 10.2 Å². The number of nitrogens with zero attached hydrogens (tertiary/aromatic N) is 2. The Kier molecular flexibility index (Phi) is 3.05. The van der Waals surface area contributed by atoms with Crippen LogP contribution in [0.15, 0.2) is 70.9 Å². The van der Waals surface area contributed by atoms with Crippen LogP contribution in [0.5, 0.6) is 11.5 Å². The van der Waals surface area contributed by atoms with Crippen molar-refractivity contribution in [3.8, 4) is 11.5 Å². The Hall–Kier alpha value is -2.88.